The first kappa shape index (κ1) is 9.00. The van der Waals surface area contributed by atoms with Gasteiger partial charge in [0.2, 0.25) is 5.91 Å². The molecule has 0 aromatic heterocycles. The van der Waals surface area contributed by atoms with Crippen LogP contribution >= 0.6 is 0 Å². The quantitative estimate of drug-likeness (QED) is 0.550. The molecule has 3 heteroatoms. The third-order valence-electron chi connectivity index (χ3n) is 3.34. The van der Waals surface area contributed by atoms with E-state index >= 15 is 0 Å². The molecule has 0 aromatic rings. The molecule has 2 saturated heterocycles. The maximum absolute atomic E-state index is 11.3. The molecule has 3 nitrogen and oxygen atoms in total. The minimum atomic E-state index is 0.235. The highest BCUT2D eigenvalue weighted by Gasteiger charge is 2.35. The molecule has 1 amide bonds. The van der Waals surface area contributed by atoms with Crippen molar-refractivity contribution in [2.24, 2.45) is 0 Å². The van der Waals surface area contributed by atoms with Gasteiger partial charge >= 0.3 is 0 Å². The number of hydrogen-bond acceptors (Lipinski definition) is 2. The zero-order valence-electron chi connectivity index (χ0n) is 8.49. The van der Waals surface area contributed by atoms with Crippen LogP contribution in [0.15, 0.2) is 0 Å². The highest BCUT2D eigenvalue weighted by molar-refractivity contribution is 5.73. The largest absolute Gasteiger partial charge is 0.337 e. The molecule has 2 unspecified atom stereocenters. The molecule has 0 bridgehead atoms. The average molecular weight is 182 g/mol. The number of amides is 1. The van der Waals surface area contributed by atoms with Gasteiger partial charge in [0.15, 0.2) is 0 Å². The minimum absolute atomic E-state index is 0.235. The molecule has 0 saturated carbocycles. The smallest absolute Gasteiger partial charge is 0.219 e. The van der Waals surface area contributed by atoms with Gasteiger partial charge in [-0.2, -0.15) is 0 Å². The lowest BCUT2D eigenvalue weighted by Crippen LogP contribution is -2.56. The Morgan fingerprint density at radius 1 is 1.38 bits per heavy atom. The van der Waals surface area contributed by atoms with Crippen molar-refractivity contribution in [3.8, 4) is 0 Å². The molecule has 2 heterocycles. The van der Waals surface area contributed by atoms with Gasteiger partial charge in [-0.3, -0.25) is 9.69 Å². The van der Waals surface area contributed by atoms with E-state index in [9.17, 15) is 4.79 Å². The minimum Gasteiger partial charge on any atom is -0.337 e. The van der Waals surface area contributed by atoms with Gasteiger partial charge in [-0.25, -0.2) is 0 Å². The molecule has 0 aromatic carbocycles. The van der Waals surface area contributed by atoms with Gasteiger partial charge in [0.05, 0.1) is 0 Å². The third-order valence-corrected chi connectivity index (χ3v) is 3.34. The molecule has 13 heavy (non-hydrogen) atoms. The third kappa shape index (κ3) is 1.57. The highest BCUT2D eigenvalue weighted by Crippen LogP contribution is 2.24. The Morgan fingerprint density at radius 2 is 2.15 bits per heavy atom. The molecular formula is C10H18N2O. The maximum atomic E-state index is 11.3. The van der Waals surface area contributed by atoms with Crippen LogP contribution < -0.4 is 0 Å². The summed E-state index contributed by atoms with van der Waals surface area (Å²) in [6.45, 7) is 7.10. The van der Waals surface area contributed by atoms with E-state index in [1.807, 2.05) is 4.90 Å². The predicted octanol–water partition coefficient (Wildman–Crippen LogP) is 0.701. The number of carbonyl (C=O) groups is 1. The number of fused-ring (bicyclic) bond motifs is 1. The first-order valence-electron chi connectivity index (χ1n) is 5.19. The van der Waals surface area contributed by atoms with E-state index in [1.165, 1.54) is 19.4 Å². The van der Waals surface area contributed by atoms with E-state index in [0.29, 0.717) is 12.1 Å². The molecule has 0 N–H and O–H groups in total. The van der Waals surface area contributed by atoms with Gasteiger partial charge < -0.3 is 4.90 Å². The van der Waals surface area contributed by atoms with Crippen LogP contribution in [0.25, 0.3) is 0 Å². The van der Waals surface area contributed by atoms with E-state index < -0.39 is 0 Å². The summed E-state index contributed by atoms with van der Waals surface area (Å²) in [7, 11) is 0. The second kappa shape index (κ2) is 3.29. The molecule has 2 aliphatic heterocycles. The van der Waals surface area contributed by atoms with Crippen molar-refractivity contribution >= 4 is 5.91 Å². The summed E-state index contributed by atoms with van der Waals surface area (Å²) >= 11 is 0. The van der Waals surface area contributed by atoms with Crippen molar-refractivity contribution in [1.82, 2.24) is 9.80 Å². The fraction of sp³-hybridized carbons (Fsp3) is 0.900. The number of nitrogens with zero attached hydrogens (tertiary/aromatic N) is 2. The SMILES string of the molecule is CC(=O)N1CC2CCCN2CC1C. The number of hydrogen-bond donors (Lipinski definition) is 0. The van der Waals surface area contributed by atoms with Gasteiger partial charge in [-0.05, 0) is 26.3 Å². The fourth-order valence-electron chi connectivity index (χ4n) is 2.63. The lowest BCUT2D eigenvalue weighted by molar-refractivity contribution is -0.134. The zero-order valence-corrected chi connectivity index (χ0v) is 8.49. The van der Waals surface area contributed by atoms with E-state index in [2.05, 4.69) is 11.8 Å². The van der Waals surface area contributed by atoms with E-state index in [-0.39, 0.29) is 5.91 Å². The molecule has 2 rings (SSSR count). The lowest BCUT2D eigenvalue weighted by Gasteiger charge is -2.41. The number of piperazine rings is 1. The van der Waals surface area contributed by atoms with Crippen molar-refractivity contribution in [1.29, 1.82) is 0 Å². The van der Waals surface area contributed by atoms with Crippen LogP contribution in [-0.4, -0.2) is 47.4 Å². The summed E-state index contributed by atoms with van der Waals surface area (Å²) in [5.41, 5.74) is 0. The van der Waals surface area contributed by atoms with Crippen LogP contribution in [-0.2, 0) is 4.79 Å². The molecule has 2 aliphatic rings. The second-order valence-electron chi connectivity index (χ2n) is 4.31. The van der Waals surface area contributed by atoms with Gasteiger partial charge in [-0.15, -0.1) is 0 Å². The van der Waals surface area contributed by atoms with Crippen LogP contribution in [0, 0.1) is 0 Å². The Hall–Kier alpha value is -0.570. The molecule has 0 spiro atoms. The molecule has 0 radical (unpaired) electrons. The molecular weight excluding hydrogens is 164 g/mol. The second-order valence-corrected chi connectivity index (χ2v) is 4.31. The fourth-order valence-corrected chi connectivity index (χ4v) is 2.63. The standard InChI is InChI=1S/C10H18N2O/c1-8-6-11-5-3-4-10(11)7-12(8)9(2)13/h8,10H,3-7H2,1-2H3. The predicted molar refractivity (Wildman–Crippen MR) is 51.4 cm³/mol. The molecule has 0 aliphatic carbocycles. The maximum Gasteiger partial charge on any atom is 0.219 e. The van der Waals surface area contributed by atoms with Crippen LogP contribution in [0.5, 0.6) is 0 Å². The van der Waals surface area contributed by atoms with Gasteiger partial charge in [0, 0.05) is 32.1 Å². The van der Waals surface area contributed by atoms with Crippen LogP contribution in [0.1, 0.15) is 26.7 Å². The van der Waals surface area contributed by atoms with Gasteiger partial charge in [-0.1, -0.05) is 0 Å². The van der Waals surface area contributed by atoms with E-state index in [4.69, 9.17) is 0 Å². The normalized spacial score (nSPS) is 34.8. The summed E-state index contributed by atoms with van der Waals surface area (Å²) in [4.78, 5) is 15.9. The first-order chi connectivity index (χ1) is 6.18. The van der Waals surface area contributed by atoms with Crippen LogP contribution in [0.2, 0.25) is 0 Å². The van der Waals surface area contributed by atoms with Crippen molar-refractivity contribution in [2.75, 3.05) is 19.6 Å². The summed E-state index contributed by atoms with van der Waals surface area (Å²) in [5, 5.41) is 0. The van der Waals surface area contributed by atoms with E-state index in [1.54, 1.807) is 6.92 Å². The van der Waals surface area contributed by atoms with Crippen molar-refractivity contribution in [2.45, 2.75) is 38.8 Å². The Balaban J connectivity index is 2.05. The Labute approximate surface area is 79.7 Å². The summed E-state index contributed by atoms with van der Waals surface area (Å²) < 4.78 is 0. The van der Waals surface area contributed by atoms with Crippen LogP contribution in [0.3, 0.4) is 0 Å². The number of rotatable bonds is 0. The van der Waals surface area contributed by atoms with Gasteiger partial charge in [0.1, 0.15) is 0 Å². The Morgan fingerprint density at radius 3 is 2.85 bits per heavy atom. The monoisotopic (exact) mass is 182 g/mol. The molecule has 2 atom stereocenters. The van der Waals surface area contributed by atoms with Gasteiger partial charge in [0.25, 0.3) is 0 Å². The van der Waals surface area contributed by atoms with E-state index in [0.717, 1.165) is 13.1 Å². The average Bonchev–Trinajstić information content (AvgIpc) is 2.48. The van der Waals surface area contributed by atoms with Crippen molar-refractivity contribution in [3.05, 3.63) is 0 Å². The first-order valence-corrected chi connectivity index (χ1v) is 5.19. The zero-order chi connectivity index (χ0) is 9.42. The van der Waals surface area contributed by atoms with Crippen molar-refractivity contribution in [3.63, 3.8) is 0 Å². The van der Waals surface area contributed by atoms with Crippen molar-refractivity contribution < 1.29 is 4.79 Å². The summed E-state index contributed by atoms with van der Waals surface area (Å²) in [6.07, 6.45) is 2.58. The Kier molecular flexibility index (Phi) is 2.28. The lowest BCUT2D eigenvalue weighted by atomic mass is 10.1. The molecule has 74 valence electrons. The number of carbonyl (C=O) groups excluding carboxylic acids is 1. The molecule has 2 fully saturated rings. The van der Waals surface area contributed by atoms with Crippen LogP contribution in [0.4, 0.5) is 0 Å². The topological polar surface area (TPSA) is 23.6 Å². The summed E-state index contributed by atoms with van der Waals surface area (Å²) in [6, 6.07) is 1.06. The Bertz CT molecular complexity index is 217. The highest BCUT2D eigenvalue weighted by atomic mass is 16.2. The summed E-state index contributed by atoms with van der Waals surface area (Å²) in [5.74, 6) is 0.235.